The highest BCUT2D eigenvalue weighted by atomic mass is 33.1. The van der Waals surface area contributed by atoms with Crippen LogP contribution in [0, 0.1) is 11.3 Å². The molecular weight excluding hydrogens is 995 g/mol. The number of guanidine groups is 1. The molecule has 15 N–H and O–H groups in total. The molecule has 3 aliphatic heterocycles. The van der Waals surface area contributed by atoms with Crippen LogP contribution in [-0.2, 0) is 51.2 Å². The summed E-state index contributed by atoms with van der Waals surface area (Å²) in [4.78, 5) is 135. The summed E-state index contributed by atoms with van der Waals surface area (Å²) in [6.07, 6.45) is 3.41. The molecule has 0 bridgehead atoms. The van der Waals surface area contributed by atoms with E-state index in [1.54, 1.807) is 36.5 Å². The summed E-state index contributed by atoms with van der Waals surface area (Å²) >= 11 is 0. The Labute approximate surface area is 435 Å². The monoisotopic (exact) mass is 1060 g/mol. The van der Waals surface area contributed by atoms with Crippen LogP contribution in [0.2, 0.25) is 0 Å². The Morgan fingerprint density at radius 1 is 0.757 bits per heavy atom. The van der Waals surface area contributed by atoms with Gasteiger partial charge in [-0.15, -0.1) is 0 Å². The van der Waals surface area contributed by atoms with Gasteiger partial charge in [0.25, 0.3) is 5.91 Å². The molecular formula is C48H65N15O9S2. The van der Waals surface area contributed by atoms with E-state index in [4.69, 9.17) is 16.9 Å². The Kier molecular flexibility index (Phi) is 20.1. The molecule has 1 unspecified atom stereocenters. The van der Waals surface area contributed by atoms with Gasteiger partial charge in [0.1, 0.15) is 48.3 Å². The third kappa shape index (κ3) is 15.6. The molecule has 24 nitrogen and oxygen atoms in total. The number of carbonyl (C=O) groups excluding carboxylic acids is 9. The first kappa shape index (κ1) is 56.0. The predicted octanol–water partition coefficient (Wildman–Crippen LogP) is -1.25. The maximum Gasteiger partial charge on any atom is 0.325 e. The van der Waals surface area contributed by atoms with Crippen LogP contribution in [0.1, 0.15) is 57.6 Å². The van der Waals surface area contributed by atoms with Gasteiger partial charge in [0, 0.05) is 54.0 Å². The lowest BCUT2D eigenvalue weighted by Gasteiger charge is -2.28. The highest BCUT2D eigenvalue weighted by molar-refractivity contribution is 8.76. The second kappa shape index (κ2) is 26.6. The molecule has 3 aromatic rings. The minimum atomic E-state index is -1.48. The van der Waals surface area contributed by atoms with E-state index >= 15 is 0 Å². The SMILES string of the molecule is CC(C)C[C@@H]1NC(=O)N([C@H]2CSSC[C@@H](C(N)=O)NC(=O)[C@H](Cc3c[nH]c4ccccc34)NC(=O)[C@H](CCCNC(=N)N)NC(=O)[C@@H](Cc3ccccc3)NC(=O)[C@H](CC3CN=CN3)NC(=O)[C@@H](C)NC2=O)C1=O. The summed E-state index contributed by atoms with van der Waals surface area (Å²) in [6.45, 7) is 5.50. The van der Waals surface area contributed by atoms with Crippen LogP contribution in [0.25, 0.3) is 10.9 Å². The molecule has 4 heterocycles. The van der Waals surface area contributed by atoms with Gasteiger partial charge in [-0.05, 0) is 55.7 Å². The van der Waals surface area contributed by atoms with Crippen molar-refractivity contribution in [2.45, 2.75) is 114 Å². The molecule has 3 aliphatic rings. The number of benzene rings is 2. The van der Waals surface area contributed by atoms with Gasteiger partial charge in [-0.2, -0.15) is 0 Å². The first-order valence-corrected chi connectivity index (χ1v) is 26.8. The third-order valence-corrected chi connectivity index (χ3v) is 14.9. The molecule has 9 atom stereocenters. The minimum Gasteiger partial charge on any atom is -0.372 e. The molecule has 2 saturated heterocycles. The number of urea groups is 1. The molecule has 2 aromatic carbocycles. The zero-order valence-electron chi connectivity index (χ0n) is 41.2. The molecule has 0 radical (unpaired) electrons. The van der Waals surface area contributed by atoms with Crippen molar-refractivity contribution in [1.29, 1.82) is 5.41 Å². The fourth-order valence-corrected chi connectivity index (χ4v) is 10.9. The number of imide groups is 1. The first-order valence-electron chi connectivity index (χ1n) is 24.3. The van der Waals surface area contributed by atoms with Crippen LogP contribution in [0.3, 0.4) is 0 Å². The predicted molar refractivity (Wildman–Crippen MR) is 280 cm³/mol. The van der Waals surface area contributed by atoms with Crippen molar-refractivity contribution in [1.82, 2.24) is 57.7 Å². The van der Waals surface area contributed by atoms with Crippen molar-refractivity contribution >= 4 is 98.1 Å². The molecule has 398 valence electrons. The largest absolute Gasteiger partial charge is 0.372 e. The zero-order chi connectivity index (χ0) is 53.5. The molecule has 74 heavy (non-hydrogen) atoms. The highest BCUT2D eigenvalue weighted by Gasteiger charge is 2.45. The van der Waals surface area contributed by atoms with Crippen molar-refractivity contribution in [2.75, 3.05) is 24.6 Å². The molecule has 26 heteroatoms. The topological polar surface area (TPSA) is 369 Å². The van der Waals surface area contributed by atoms with Gasteiger partial charge in [-0.25, -0.2) is 9.69 Å². The average Bonchev–Trinajstić information content (AvgIpc) is 4.10. The van der Waals surface area contributed by atoms with Gasteiger partial charge in [0.05, 0.1) is 12.9 Å². The molecule has 0 aliphatic carbocycles. The van der Waals surface area contributed by atoms with E-state index in [-0.39, 0.29) is 75.0 Å². The molecule has 10 amide bonds. The van der Waals surface area contributed by atoms with Gasteiger partial charge in [-0.3, -0.25) is 48.8 Å². The number of aromatic amines is 1. The second-order valence-corrected chi connectivity index (χ2v) is 21.2. The lowest BCUT2D eigenvalue weighted by atomic mass is 10.0. The van der Waals surface area contributed by atoms with Crippen molar-refractivity contribution in [3.8, 4) is 0 Å². The van der Waals surface area contributed by atoms with E-state index in [0.29, 0.717) is 11.1 Å². The lowest BCUT2D eigenvalue weighted by Crippen LogP contribution is -2.61. The van der Waals surface area contributed by atoms with Crippen molar-refractivity contribution in [3.05, 3.63) is 71.9 Å². The molecule has 1 aromatic heterocycles. The molecule has 0 saturated carbocycles. The summed E-state index contributed by atoms with van der Waals surface area (Å²) in [6, 6.07) is 4.33. The summed E-state index contributed by atoms with van der Waals surface area (Å²) in [7, 11) is 2.01. The lowest BCUT2D eigenvalue weighted by molar-refractivity contribution is -0.137. The number of amides is 10. The summed E-state index contributed by atoms with van der Waals surface area (Å²) in [5.41, 5.74) is 13.4. The number of fused-ring (bicyclic) bond motifs is 1. The Morgan fingerprint density at radius 3 is 2.08 bits per heavy atom. The normalized spacial score (nSPS) is 26.0. The number of aromatic nitrogens is 1. The molecule has 2 fully saturated rings. The van der Waals surface area contributed by atoms with Crippen LogP contribution in [-0.4, -0.2) is 154 Å². The van der Waals surface area contributed by atoms with Gasteiger partial charge >= 0.3 is 6.03 Å². The van der Waals surface area contributed by atoms with Crippen molar-refractivity contribution in [2.24, 2.45) is 22.4 Å². The fourth-order valence-electron chi connectivity index (χ4n) is 8.56. The summed E-state index contributed by atoms with van der Waals surface area (Å²) in [5.74, 6) is -7.17. The van der Waals surface area contributed by atoms with E-state index in [0.717, 1.165) is 37.4 Å². The fraction of sp³-hybridized carbons (Fsp3) is 0.479. The van der Waals surface area contributed by atoms with E-state index < -0.39 is 108 Å². The number of para-hydroxylation sites is 1. The number of rotatable bonds is 14. The highest BCUT2D eigenvalue weighted by Crippen LogP contribution is 2.27. The van der Waals surface area contributed by atoms with Crippen LogP contribution in [0.4, 0.5) is 4.79 Å². The number of nitrogens with one attached hydrogen (secondary N) is 11. The third-order valence-electron chi connectivity index (χ3n) is 12.5. The van der Waals surface area contributed by atoms with Gasteiger partial charge in [0.15, 0.2) is 5.96 Å². The van der Waals surface area contributed by atoms with Crippen LogP contribution < -0.4 is 59.3 Å². The van der Waals surface area contributed by atoms with E-state index in [1.165, 1.54) is 13.3 Å². The Morgan fingerprint density at radius 2 is 1.39 bits per heavy atom. The van der Waals surface area contributed by atoms with E-state index in [1.807, 2.05) is 38.1 Å². The van der Waals surface area contributed by atoms with E-state index in [2.05, 4.69) is 57.8 Å². The summed E-state index contributed by atoms with van der Waals surface area (Å²) < 4.78 is 0. The number of primary amides is 1. The maximum absolute atomic E-state index is 14.6. The van der Waals surface area contributed by atoms with Crippen molar-refractivity contribution in [3.63, 3.8) is 0 Å². The smallest absolute Gasteiger partial charge is 0.325 e. The molecule has 6 rings (SSSR count). The number of nitrogens with two attached hydrogens (primary N) is 2. The van der Waals surface area contributed by atoms with Gasteiger partial charge in [0.2, 0.25) is 41.4 Å². The Hall–Kier alpha value is -7.35. The second-order valence-electron chi connectivity index (χ2n) is 18.7. The number of H-pyrrole nitrogens is 1. The number of carbonyl (C=O) groups is 9. The number of hydrogen-bond donors (Lipinski definition) is 13. The number of aliphatic imine (C=N–C) groups is 1. The van der Waals surface area contributed by atoms with Crippen LogP contribution in [0.5, 0.6) is 0 Å². The quantitative estimate of drug-likeness (QED) is 0.0295. The number of hydrogen-bond acceptors (Lipinski definition) is 14. The molecule has 0 spiro atoms. The standard InChI is InChI=1S/C48H65N15O9S2/c1-25(2)16-36-46(71)63(48(72)62-36)38-23-74-73-22-37(39(49)64)61-43(68)34(18-28-20-54-31-13-8-7-12-30(28)31)60-41(66)32(14-9-15-53-47(50)51)57-42(67)33(17-27-10-5-4-6-11-27)59-44(69)35(19-29-21-52-24-55-29)58-40(65)26(3)56-45(38)70/h4-8,10-13,20,24-26,29,32-38,54H,9,14-19,21-23H2,1-3H3,(H2,49,64)(H,52,55)(H,56,70)(H,57,67)(H,58,65)(H,59,69)(H,60,66)(H,61,68)(H,62,72)(H4,50,51,53)/t26-,29?,32+,33-,34+,35+,36+,37+,38+/m1/s1. The first-order chi connectivity index (χ1) is 35.4. The summed E-state index contributed by atoms with van der Waals surface area (Å²) in [5, 5.41) is 33.0. The number of nitrogens with zero attached hydrogens (tertiary/aromatic N) is 2. The van der Waals surface area contributed by atoms with Gasteiger partial charge in [-0.1, -0.05) is 84.0 Å². The van der Waals surface area contributed by atoms with Crippen LogP contribution >= 0.6 is 21.6 Å². The van der Waals surface area contributed by atoms with Gasteiger partial charge < -0.3 is 64.3 Å². The Balaban J connectivity index is 1.38. The Bertz CT molecular complexity index is 2570. The van der Waals surface area contributed by atoms with E-state index in [9.17, 15) is 43.2 Å². The minimum absolute atomic E-state index is 0.00136. The maximum atomic E-state index is 14.6. The zero-order valence-corrected chi connectivity index (χ0v) is 42.9. The van der Waals surface area contributed by atoms with Crippen molar-refractivity contribution < 1.29 is 43.2 Å². The van der Waals surface area contributed by atoms with Crippen LogP contribution in [0.15, 0.2) is 65.8 Å². The average molecular weight is 1060 g/mol.